The number of fused-ring (bicyclic) bond motifs is 1. The molecule has 2 aromatic rings. The summed E-state index contributed by atoms with van der Waals surface area (Å²) < 4.78 is 0. The minimum Gasteiger partial charge on any atom is -0.350 e. The second-order valence-corrected chi connectivity index (χ2v) is 8.29. The molecule has 0 spiro atoms. The maximum Gasteiger partial charge on any atom is 0.194 e. The normalized spacial score (nSPS) is 14.0. The van der Waals surface area contributed by atoms with E-state index in [2.05, 4.69) is 34.2 Å². The molecule has 0 saturated heterocycles. The molecule has 132 valence electrons. The summed E-state index contributed by atoms with van der Waals surface area (Å²) in [6.45, 7) is 3.59. The zero-order valence-corrected chi connectivity index (χ0v) is 18.3. The average molecular weight is 477 g/mol. The number of nitrogens with zero attached hydrogens (tertiary/aromatic N) is 4. The summed E-state index contributed by atoms with van der Waals surface area (Å²) >= 11 is 3.58. The number of guanidine groups is 1. The van der Waals surface area contributed by atoms with Crippen LogP contribution in [0.25, 0.3) is 0 Å². The van der Waals surface area contributed by atoms with Crippen LogP contribution in [0.4, 0.5) is 0 Å². The van der Waals surface area contributed by atoms with Gasteiger partial charge in [-0.05, 0) is 32.6 Å². The minimum atomic E-state index is 0. The molecule has 0 aliphatic heterocycles. The van der Waals surface area contributed by atoms with E-state index in [4.69, 9.17) is 4.98 Å². The lowest BCUT2D eigenvalue weighted by Crippen LogP contribution is -2.38. The number of hydrogen-bond acceptors (Lipinski definition) is 5. The smallest absolute Gasteiger partial charge is 0.194 e. The molecule has 1 N–H and O–H groups in total. The fourth-order valence-electron chi connectivity index (χ4n) is 2.77. The summed E-state index contributed by atoms with van der Waals surface area (Å²) in [6.07, 6.45) is 6.84. The van der Waals surface area contributed by atoms with Gasteiger partial charge in [0, 0.05) is 30.0 Å². The van der Waals surface area contributed by atoms with E-state index in [-0.39, 0.29) is 24.0 Å². The van der Waals surface area contributed by atoms with Crippen LogP contribution in [0.3, 0.4) is 0 Å². The van der Waals surface area contributed by atoms with Gasteiger partial charge in [-0.15, -0.1) is 46.7 Å². The van der Waals surface area contributed by atoms with Gasteiger partial charge in [-0.1, -0.05) is 0 Å². The second kappa shape index (κ2) is 9.10. The van der Waals surface area contributed by atoms with Crippen molar-refractivity contribution in [1.82, 2.24) is 20.2 Å². The molecule has 0 amide bonds. The maximum atomic E-state index is 4.81. The van der Waals surface area contributed by atoms with Crippen molar-refractivity contribution < 1.29 is 0 Å². The highest BCUT2D eigenvalue weighted by molar-refractivity contribution is 14.0. The van der Waals surface area contributed by atoms with Gasteiger partial charge in [-0.3, -0.25) is 4.99 Å². The highest BCUT2D eigenvalue weighted by atomic mass is 127. The Kier molecular flexibility index (Phi) is 7.42. The highest BCUT2D eigenvalue weighted by Crippen LogP contribution is 2.27. The SMILES string of the molecule is CN=C(NCc1ncc(C)s1)N(C)Cc1nc2c(s1)CCCC2.I. The third-order valence-electron chi connectivity index (χ3n) is 3.90. The predicted molar refractivity (Wildman–Crippen MR) is 113 cm³/mol. The van der Waals surface area contributed by atoms with Gasteiger partial charge in [0.05, 0.1) is 18.8 Å². The standard InChI is InChI=1S/C16H23N5S2.HI/c1-11-8-18-14(22-11)9-19-16(17-2)21(3)10-15-20-12-6-4-5-7-13(12)23-15;/h8H,4-7,9-10H2,1-3H3,(H,17,19);1H. The maximum absolute atomic E-state index is 4.81. The first-order valence-corrected chi connectivity index (χ1v) is 9.59. The highest BCUT2D eigenvalue weighted by Gasteiger charge is 2.17. The van der Waals surface area contributed by atoms with Gasteiger partial charge >= 0.3 is 0 Å². The first-order valence-electron chi connectivity index (χ1n) is 7.96. The van der Waals surface area contributed by atoms with Crippen LogP contribution in [-0.4, -0.2) is 34.9 Å². The van der Waals surface area contributed by atoms with Crippen LogP contribution in [0, 0.1) is 6.92 Å². The molecule has 3 rings (SSSR count). The first kappa shape index (κ1) is 19.6. The lowest BCUT2D eigenvalue weighted by atomic mass is 10.0. The van der Waals surface area contributed by atoms with Crippen molar-refractivity contribution in [3.63, 3.8) is 0 Å². The van der Waals surface area contributed by atoms with Gasteiger partial charge in [-0.25, -0.2) is 9.97 Å². The van der Waals surface area contributed by atoms with Gasteiger partial charge in [-0.2, -0.15) is 0 Å². The van der Waals surface area contributed by atoms with Crippen LogP contribution in [-0.2, 0) is 25.9 Å². The van der Waals surface area contributed by atoms with E-state index in [1.54, 1.807) is 11.3 Å². The van der Waals surface area contributed by atoms with E-state index in [1.165, 1.54) is 39.7 Å². The van der Waals surface area contributed by atoms with Crippen LogP contribution < -0.4 is 5.32 Å². The fraction of sp³-hybridized carbons (Fsp3) is 0.562. The van der Waals surface area contributed by atoms with Crippen LogP contribution in [0.15, 0.2) is 11.2 Å². The predicted octanol–water partition coefficient (Wildman–Crippen LogP) is 3.61. The zero-order chi connectivity index (χ0) is 16.2. The molecule has 2 aromatic heterocycles. The summed E-state index contributed by atoms with van der Waals surface area (Å²) in [5.74, 6) is 0.881. The quantitative estimate of drug-likeness (QED) is 0.416. The fourth-order valence-corrected chi connectivity index (χ4v) is 4.71. The summed E-state index contributed by atoms with van der Waals surface area (Å²) in [4.78, 5) is 18.4. The van der Waals surface area contributed by atoms with Gasteiger partial charge in [0.15, 0.2) is 5.96 Å². The largest absolute Gasteiger partial charge is 0.350 e. The number of hydrogen-bond donors (Lipinski definition) is 1. The van der Waals surface area contributed by atoms with E-state index < -0.39 is 0 Å². The molecule has 0 saturated carbocycles. The summed E-state index contributed by atoms with van der Waals surface area (Å²) in [5, 5.41) is 5.65. The van der Waals surface area contributed by atoms with Crippen molar-refractivity contribution in [2.45, 2.75) is 45.7 Å². The van der Waals surface area contributed by atoms with Crippen LogP contribution in [0.5, 0.6) is 0 Å². The summed E-state index contributed by atoms with van der Waals surface area (Å²) in [6, 6.07) is 0. The number of aryl methyl sites for hydroxylation is 3. The number of aromatic nitrogens is 2. The van der Waals surface area contributed by atoms with E-state index in [0.29, 0.717) is 6.54 Å². The van der Waals surface area contributed by atoms with E-state index in [0.717, 1.165) is 23.9 Å². The van der Waals surface area contributed by atoms with Gasteiger partial charge < -0.3 is 10.2 Å². The molecule has 1 aliphatic rings. The van der Waals surface area contributed by atoms with Crippen LogP contribution in [0.1, 0.15) is 38.3 Å². The van der Waals surface area contributed by atoms with E-state index in [9.17, 15) is 0 Å². The molecular weight excluding hydrogens is 453 g/mol. The number of aliphatic imine (C=N–C) groups is 1. The Hall–Kier alpha value is -0.740. The topological polar surface area (TPSA) is 53.4 Å². The zero-order valence-electron chi connectivity index (χ0n) is 14.3. The Bertz CT molecular complexity index is 671. The lowest BCUT2D eigenvalue weighted by molar-refractivity contribution is 0.474. The third kappa shape index (κ3) is 4.89. The number of rotatable bonds is 4. The molecule has 24 heavy (non-hydrogen) atoms. The second-order valence-electron chi connectivity index (χ2n) is 5.81. The van der Waals surface area contributed by atoms with Crippen molar-refractivity contribution in [1.29, 1.82) is 0 Å². The molecule has 8 heteroatoms. The number of halogens is 1. The van der Waals surface area contributed by atoms with Crippen LogP contribution >= 0.6 is 46.7 Å². The monoisotopic (exact) mass is 477 g/mol. The van der Waals surface area contributed by atoms with Gasteiger partial charge in [0.1, 0.15) is 10.0 Å². The van der Waals surface area contributed by atoms with Crippen molar-refractivity contribution in [3.05, 3.63) is 31.7 Å². The van der Waals surface area contributed by atoms with Crippen LogP contribution in [0.2, 0.25) is 0 Å². The molecule has 5 nitrogen and oxygen atoms in total. The Morgan fingerprint density at radius 3 is 2.75 bits per heavy atom. The lowest BCUT2D eigenvalue weighted by Gasteiger charge is -2.20. The molecule has 0 bridgehead atoms. The molecule has 1 aliphatic carbocycles. The van der Waals surface area contributed by atoms with Crippen molar-refractivity contribution >= 4 is 52.6 Å². The molecule has 0 aromatic carbocycles. The summed E-state index contributed by atoms with van der Waals surface area (Å²) in [5.41, 5.74) is 1.32. The van der Waals surface area contributed by atoms with E-state index in [1.807, 2.05) is 24.6 Å². The Morgan fingerprint density at radius 1 is 1.29 bits per heavy atom. The Balaban J connectivity index is 0.00000208. The van der Waals surface area contributed by atoms with Crippen molar-refractivity contribution in [2.75, 3.05) is 14.1 Å². The molecule has 2 heterocycles. The van der Waals surface area contributed by atoms with Gasteiger partial charge in [0.2, 0.25) is 0 Å². The van der Waals surface area contributed by atoms with Gasteiger partial charge in [0.25, 0.3) is 0 Å². The minimum absolute atomic E-state index is 0. The number of nitrogens with one attached hydrogen (secondary N) is 1. The van der Waals surface area contributed by atoms with E-state index >= 15 is 0 Å². The van der Waals surface area contributed by atoms with Crippen molar-refractivity contribution in [3.8, 4) is 0 Å². The molecule has 0 unspecified atom stereocenters. The summed E-state index contributed by atoms with van der Waals surface area (Å²) in [7, 11) is 3.88. The number of thiazole rings is 2. The molecule has 0 radical (unpaired) electrons. The molecule has 0 atom stereocenters. The molecule has 0 fully saturated rings. The third-order valence-corrected chi connectivity index (χ3v) is 5.96. The Morgan fingerprint density at radius 2 is 2.08 bits per heavy atom. The molecular formula is C16H24IN5S2. The average Bonchev–Trinajstić information content (AvgIpc) is 3.13. The van der Waals surface area contributed by atoms with Crippen molar-refractivity contribution in [2.24, 2.45) is 4.99 Å². The first-order chi connectivity index (χ1) is 11.2. The Labute approximate surface area is 168 Å².